The van der Waals surface area contributed by atoms with Crippen LogP contribution >= 0.6 is 0 Å². The normalized spacial score (nSPS) is 10.3. The molecule has 0 amide bonds. The maximum Gasteiger partial charge on any atom is 0.303 e. The third-order valence-corrected chi connectivity index (χ3v) is 2.44. The molecule has 1 aromatic rings. The van der Waals surface area contributed by atoms with E-state index in [1.54, 1.807) is 0 Å². The van der Waals surface area contributed by atoms with Crippen molar-refractivity contribution in [2.24, 2.45) is 0 Å². The van der Waals surface area contributed by atoms with Gasteiger partial charge in [0.05, 0.1) is 0 Å². The number of aliphatic carboxylic acids is 1. The van der Waals surface area contributed by atoms with Crippen LogP contribution in [0.5, 0.6) is 0 Å². The molecule has 0 atom stereocenters. The van der Waals surface area contributed by atoms with Gasteiger partial charge >= 0.3 is 5.97 Å². The molecular weight excluding hydrogens is 202 g/mol. The summed E-state index contributed by atoms with van der Waals surface area (Å²) in [6, 6.07) is 8.42. The van der Waals surface area contributed by atoms with Crippen molar-refractivity contribution in [2.45, 2.75) is 32.7 Å². The minimum absolute atomic E-state index is 0.270. The highest BCUT2D eigenvalue weighted by Gasteiger charge is 1.96. The second kappa shape index (κ2) is 7.01. The van der Waals surface area contributed by atoms with Gasteiger partial charge in [-0.25, -0.2) is 0 Å². The SMILES string of the molecule is Cc1ccc(CNCCCCC(=O)O)cc1. The summed E-state index contributed by atoms with van der Waals surface area (Å²) in [6.07, 6.45) is 1.93. The van der Waals surface area contributed by atoms with Gasteiger partial charge in [-0.05, 0) is 31.9 Å². The molecule has 0 bridgehead atoms. The lowest BCUT2D eigenvalue weighted by Gasteiger charge is -2.04. The number of hydrogen-bond acceptors (Lipinski definition) is 2. The van der Waals surface area contributed by atoms with Gasteiger partial charge in [0.25, 0.3) is 0 Å². The average Bonchev–Trinajstić information content (AvgIpc) is 2.25. The molecule has 0 spiro atoms. The van der Waals surface area contributed by atoms with Crippen molar-refractivity contribution in [3.63, 3.8) is 0 Å². The maximum absolute atomic E-state index is 10.3. The number of hydrogen-bond donors (Lipinski definition) is 2. The van der Waals surface area contributed by atoms with Gasteiger partial charge in [0.1, 0.15) is 0 Å². The van der Waals surface area contributed by atoms with Crippen LogP contribution in [0.15, 0.2) is 24.3 Å². The van der Waals surface area contributed by atoms with E-state index in [1.807, 2.05) is 0 Å². The Morgan fingerprint density at radius 2 is 1.94 bits per heavy atom. The predicted molar refractivity (Wildman–Crippen MR) is 64.4 cm³/mol. The molecule has 0 saturated heterocycles. The highest BCUT2D eigenvalue weighted by Crippen LogP contribution is 2.02. The van der Waals surface area contributed by atoms with Crippen LogP contribution in [0.1, 0.15) is 30.4 Å². The Hall–Kier alpha value is -1.35. The van der Waals surface area contributed by atoms with Gasteiger partial charge in [-0.15, -0.1) is 0 Å². The summed E-state index contributed by atoms with van der Waals surface area (Å²) in [5.41, 5.74) is 2.54. The van der Waals surface area contributed by atoms with Crippen molar-refractivity contribution in [2.75, 3.05) is 6.54 Å². The van der Waals surface area contributed by atoms with E-state index in [-0.39, 0.29) is 6.42 Å². The molecule has 0 heterocycles. The Bertz CT molecular complexity index is 319. The average molecular weight is 221 g/mol. The van der Waals surface area contributed by atoms with Crippen LogP contribution in [-0.4, -0.2) is 17.6 Å². The first-order valence-electron chi connectivity index (χ1n) is 5.66. The standard InChI is InChI=1S/C13H19NO2/c1-11-5-7-12(8-6-11)10-14-9-3-2-4-13(15)16/h5-8,14H,2-4,9-10H2,1H3,(H,15,16). The number of carbonyl (C=O) groups is 1. The molecule has 16 heavy (non-hydrogen) atoms. The van der Waals surface area contributed by atoms with Gasteiger partial charge in [-0.2, -0.15) is 0 Å². The molecule has 0 unspecified atom stereocenters. The van der Waals surface area contributed by atoms with Gasteiger partial charge in [0, 0.05) is 13.0 Å². The lowest BCUT2D eigenvalue weighted by molar-refractivity contribution is -0.137. The van der Waals surface area contributed by atoms with Crippen LogP contribution in [0.3, 0.4) is 0 Å². The van der Waals surface area contributed by atoms with E-state index in [2.05, 4.69) is 36.5 Å². The Morgan fingerprint density at radius 1 is 1.25 bits per heavy atom. The molecule has 0 fully saturated rings. The van der Waals surface area contributed by atoms with E-state index in [1.165, 1.54) is 11.1 Å². The zero-order chi connectivity index (χ0) is 11.8. The number of rotatable bonds is 7. The predicted octanol–water partition coefficient (Wildman–Crippen LogP) is 2.34. The lowest BCUT2D eigenvalue weighted by atomic mass is 10.1. The minimum atomic E-state index is -0.710. The Balaban J connectivity index is 2.07. The molecule has 1 aromatic carbocycles. The summed E-state index contributed by atoms with van der Waals surface area (Å²) in [5, 5.41) is 11.8. The molecule has 0 aliphatic heterocycles. The lowest BCUT2D eigenvalue weighted by Crippen LogP contribution is -2.14. The van der Waals surface area contributed by atoms with E-state index in [9.17, 15) is 4.79 Å². The second-order valence-electron chi connectivity index (χ2n) is 4.01. The Kier molecular flexibility index (Phi) is 5.57. The molecular formula is C13H19NO2. The number of benzene rings is 1. The molecule has 0 saturated carbocycles. The van der Waals surface area contributed by atoms with Crippen molar-refractivity contribution >= 4 is 5.97 Å². The second-order valence-corrected chi connectivity index (χ2v) is 4.01. The first kappa shape index (κ1) is 12.7. The monoisotopic (exact) mass is 221 g/mol. The zero-order valence-corrected chi connectivity index (χ0v) is 9.70. The van der Waals surface area contributed by atoms with Gasteiger partial charge < -0.3 is 10.4 Å². The van der Waals surface area contributed by atoms with Crippen LogP contribution < -0.4 is 5.32 Å². The molecule has 0 aromatic heterocycles. The fraction of sp³-hybridized carbons (Fsp3) is 0.462. The van der Waals surface area contributed by atoms with Crippen LogP contribution in [0.2, 0.25) is 0 Å². The van der Waals surface area contributed by atoms with Crippen molar-refractivity contribution in [3.05, 3.63) is 35.4 Å². The summed E-state index contributed by atoms with van der Waals surface area (Å²) in [4.78, 5) is 10.3. The zero-order valence-electron chi connectivity index (χ0n) is 9.70. The molecule has 3 heteroatoms. The molecule has 88 valence electrons. The van der Waals surface area contributed by atoms with Crippen LogP contribution in [0.4, 0.5) is 0 Å². The van der Waals surface area contributed by atoms with Gasteiger partial charge in [0.2, 0.25) is 0 Å². The van der Waals surface area contributed by atoms with E-state index in [0.29, 0.717) is 0 Å². The summed E-state index contributed by atoms with van der Waals surface area (Å²) >= 11 is 0. The quantitative estimate of drug-likeness (QED) is 0.695. The van der Waals surface area contributed by atoms with E-state index in [0.717, 1.165) is 25.9 Å². The van der Waals surface area contributed by atoms with Crippen molar-refractivity contribution in [1.82, 2.24) is 5.32 Å². The fourth-order valence-corrected chi connectivity index (χ4v) is 1.46. The molecule has 0 radical (unpaired) electrons. The third kappa shape index (κ3) is 5.51. The number of nitrogens with one attached hydrogen (secondary N) is 1. The Morgan fingerprint density at radius 3 is 2.56 bits per heavy atom. The third-order valence-electron chi connectivity index (χ3n) is 2.44. The smallest absolute Gasteiger partial charge is 0.303 e. The van der Waals surface area contributed by atoms with E-state index >= 15 is 0 Å². The van der Waals surface area contributed by atoms with Crippen LogP contribution in [0, 0.1) is 6.92 Å². The maximum atomic E-state index is 10.3. The summed E-state index contributed by atoms with van der Waals surface area (Å²) in [7, 11) is 0. The summed E-state index contributed by atoms with van der Waals surface area (Å²) in [6.45, 7) is 3.80. The van der Waals surface area contributed by atoms with Crippen LogP contribution in [-0.2, 0) is 11.3 Å². The van der Waals surface area contributed by atoms with Crippen LogP contribution in [0.25, 0.3) is 0 Å². The highest BCUT2D eigenvalue weighted by molar-refractivity contribution is 5.66. The number of carboxylic acid groups (broad SMARTS) is 1. The van der Waals surface area contributed by atoms with Crippen molar-refractivity contribution in [3.8, 4) is 0 Å². The highest BCUT2D eigenvalue weighted by atomic mass is 16.4. The largest absolute Gasteiger partial charge is 0.481 e. The van der Waals surface area contributed by atoms with Gasteiger partial charge in [-0.1, -0.05) is 29.8 Å². The van der Waals surface area contributed by atoms with E-state index in [4.69, 9.17) is 5.11 Å². The molecule has 0 aliphatic carbocycles. The summed E-state index contributed by atoms with van der Waals surface area (Å²) < 4.78 is 0. The number of aryl methyl sites for hydroxylation is 1. The first-order chi connectivity index (χ1) is 7.68. The minimum Gasteiger partial charge on any atom is -0.481 e. The molecule has 2 N–H and O–H groups in total. The number of carboxylic acids is 1. The molecule has 0 aliphatic rings. The Labute approximate surface area is 96.5 Å². The fourth-order valence-electron chi connectivity index (χ4n) is 1.46. The summed E-state index contributed by atoms with van der Waals surface area (Å²) in [5.74, 6) is -0.710. The van der Waals surface area contributed by atoms with Gasteiger partial charge in [0.15, 0.2) is 0 Å². The molecule has 3 nitrogen and oxygen atoms in total. The topological polar surface area (TPSA) is 49.3 Å². The number of unbranched alkanes of at least 4 members (excludes halogenated alkanes) is 1. The van der Waals surface area contributed by atoms with Crippen molar-refractivity contribution < 1.29 is 9.90 Å². The molecule has 1 rings (SSSR count). The van der Waals surface area contributed by atoms with E-state index < -0.39 is 5.97 Å². The van der Waals surface area contributed by atoms with Gasteiger partial charge in [-0.3, -0.25) is 4.79 Å². The van der Waals surface area contributed by atoms with Crippen molar-refractivity contribution in [1.29, 1.82) is 0 Å². The first-order valence-corrected chi connectivity index (χ1v) is 5.66.